The Morgan fingerprint density at radius 1 is 1.32 bits per heavy atom. The Hall–Kier alpha value is -2.51. The van der Waals surface area contributed by atoms with E-state index < -0.39 is 16.6 Å². The van der Waals surface area contributed by atoms with Crippen molar-refractivity contribution in [1.29, 1.82) is 0 Å². The van der Waals surface area contributed by atoms with Crippen LogP contribution in [0.1, 0.15) is 20.8 Å². The van der Waals surface area contributed by atoms with Crippen molar-refractivity contribution in [2.75, 3.05) is 31.4 Å². The summed E-state index contributed by atoms with van der Waals surface area (Å²) in [6, 6.07) is 2.74. The smallest absolute Gasteiger partial charge is 0.412 e. The summed E-state index contributed by atoms with van der Waals surface area (Å²) in [6.45, 7) is 5.17. The highest BCUT2D eigenvalue weighted by Crippen LogP contribution is 2.37. The largest absolute Gasteiger partial charge is 0.494 e. The summed E-state index contributed by atoms with van der Waals surface area (Å²) >= 11 is 0. The quantitative estimate of drug-likeness (QED) is 0.678. The number of hydrogen-bond acceptors (Lipinski definition) is 6. The van der Waals surface area contributed by atoms with Crippen LogP contribution in [0.2, 0.25) is 0 Å². The summed E-state index contributed by atoms with van der Waals surface area (Å²) < 4.78 is 10.3. The lowest BCUT2D eigenvalue weighted by Crippen LogP contribution is -2.27. The zero-order valence-corrected chi connectivity index (χ0v) is 13.6. The topological polar surface area (TPSA) is 93.9 Å². The Morgan fingerprint density at radius 2 is 1.91 bits per heavy atom. The van der Waals surface area contributed by atoms with Crippen LogP contribution in [-0.4, -0.2) is 37.8 Å². The van der Waals surface area contributed by atoms with Crippen molar-refractivity contribution >= 4 is 23.2 Å². The molecule has 0 atom stereocenters. The summed E-state index contributed by atoms with van der Waals surface area (Å²) in [5, 5.41) is 13.7. The number of nitro groups is 1. The van der Waals surface area contributed by atoms with Crippen molar-refractivity contribution in [3.63, 3.8) is 0 Å². The lowest BCUT2D eigenvalue weighted by atomic mass is 10.2. The third-order valence-electron chi connectivity index (χ3n) is 2.61. The van der Waals surface area contributed by atoms with E-state index in [1.165, 1.54) is 19.2 Å². The molecule has 0 aliphatic rings. The molecule has 122 valence electrons. The second-order valence-corrected chi connectivity index (χ2v) is 5.82. The van der Waals surface area contributed by atoms with Gasteiger partial charge in [0.15, 0.2) is 0 Å². The molecule has 0 aromatic heterocycles. The fraction of sp³-hybridized carbons (Fsp3) is 0.500. The van der Waals surface area contributed by atoms with Gasteiger partial charge in [0.2, 0.25) is 0 Å². The van der Waals surface area contributed by atoms with E-state index in [0.29, 0.717) is 11.4 Å². The third-order valence-corrected chi connectivity index (χ3v) is 2.61. The lowest BCUT2D eigenvalue weighted by Gasteiger charge is -2.21. The lowest BCUT2D eigenvalue weighted by molar-refractivity contribution is -0.384. The fourth-order valence-corrected chi connectivity index (χ4v) is 1.74. The number of rotatable bonds is 4. The first-order valence-electron chi connectivity index (χ1n) is 6.59. The Labute approximate surface area is 129 Å². The summed E-state index contributed by atoms with van der Waals surface area (Å²) in [5.41, 5.74) is -0.269. The molecule has 0 spiro atoms. The number of nitrogens with one attached hydrogen (secondary N) is 1. The molecule has 0 heterocycles. The first-order chi connectivity index (χ1) is 10.0. The molecule has 0 bridgehead atoms. The zero-order valence-electron chi connectivity index (χ0n) is 13.6. The van der Waals surface area contributed by atoms with Crippen LogP contribution >= 0.6 is 0 Å². The van der Waals surface area contributed by atoms with Gasteiger partial charge in [-0.1, -0.05) is 0 Å². The van der Waals surface area contributed by atoms with Crippen LogP contribution in [0.25, 0.3) is 0 Å². The summed E-state index contributed by atoms with van der Waals surface area (Å²) in [4.78, 5) is 24.1. The SMILES string of the molecule is COc1cc(N(C)C)c([N+](=O)[O-])cc1NC(=O)OC(C)(C)C. The Balaban J connectivity index is 3.21. The summed E-state index contributed by atoms with van der Waals surface area (Å²) in [5.74, 6) is 0.306. The molecule has 8 heteroatoms. The minimum atomic E-state index is -0.710. The van der Waals surface area contributed by atoms with Gasteiger partial charge in [-0.3, -0.25) is 15.4 Å². The van der Waals surface area contributed by atoms with E-state index in [1.807, 2.05) is 0 Å². The molecule has 22 heavy (non-hydrogen) atoms. The Bertz CT molecular complexity index is 579. The minimum absolute atomic E-state index is 0.142. The predicted octanol–water partition coefficient (Wildman–Crippen LogP) is 3.02. The number of nitrogens with zero attached hydrogens (tertiary/aromatic N) is 2. The van der Waals surface area contributed by atoms with E-state index >= 15 is 0 Å². The average Bonchev–Trinajstić information content (AvgIpc) is 2.35. The molecule has 1 aromatic carbocycles. The van der Waals surface area contributed by atoms with E-state index in [2.05, 4.69) is 5.32 Å². The minimum Gasteiger partial charge on any atom is -0.494 e. The van der Waals surface area contributed by atoms with Crippen LogP contribution in [0.5, 0.6) is 5.75 Å². The molecule has 0 radical (unpaired) electrons. The second kappa shape index (κ2) is 6.50. The number of ether oxygens (including phenoxy) is 2. The van der Waals surface area contributed by atoms with Crippen molar-refractivity contribution in [2.24, 2.45) is 0 Å². The number of methoxy groups -OCH3 is 1. The molecule has 0 unspecified atom stereocenters. The number of amides is 1. The fourth-order valence-electron chi connectivity index (χ4n) is 1.74. The van der Waals surface area contributed by atoms with E-state index in [-0.39, 0.29) is 11.4 Å². The maximum Gasteiger partial charge on any atom is 0.412 e. The number of nitro benzene ring substituents is 1. The average molecular weight is 311 g/mol. The van der Waals surface area contributed by atoms with Gasteiger partial charge >= 0.3 is 6.09 Å². The third kappa shape index (κ3) is 4.51. The first kappa shape index (κ1) is 17.5. The maximum absolute atomic E-state index is 11.8. The van der Waals surface area contributed by atoms with Crippen LogP contribution < -0.4 is 15.0 Å². The van der Waals surface area contributed by atoms with Crippen molar-refractivity contribution < 1.29 is 19.2 Å². The van der Waals surface area contributed by atoms with Gasteiger partial charge in [0.1, 0.15) is 17.0 Å². The van der Waals surface area contributed by atoms with E-state index in [0.717, 1.165) is 0 Å². The van der Waals surface area contributed by atoms with Gasteiger partial charge in [-0.15, -0.1) is 0 Å². The van der Waals surface area contributed by atoms with E-state index in [4.69, 9.17) is 9.47 Å². The molecule has 0 saturated carbocycles. The normalized spacial score (nSPS) is 10.8. The number of anilines is 2. The number of carbonyl (C=O) groups is 1. The van der Waals surface area contributed by atoms with Crippen LogP contribution in [0.4, 0.5) is 21.9 Å². The van der Waals surface area contributed by atoms with Crippen molar-refractivity contribution in [3.8, 4) is 5.75 Å². The van der Waals surface area contributed by atoms with Gasteiger partial charge in [-0.05, 0) is 20.8 Å². The van der Waals surface area contributed by atoms with Crippen LogP contribution in [0, 0.1) is 10.1 Å². The monoisotopic (exact) mass is 311 g/mol. The van der Waals surface area contributed by atoms with Gasteiger partial charge in [0, 0.05) is 26.2 Å². The van der Waals surface area contributed by atoms with Crippen LogP contribution in [0.3, 0.4) is 0 Å². The van der Waals surface area contributed by atoms with Crippen molar-refractivity contribution in [1.82, 2.24) is 0 Å². The molecular weight excluding hydrogens is 290 g/mol. The van der Waals surface area contributed by atoms with E-state index in [1.54, 1.807) is 39.8 Å². The second-order valence-electron chi connectivity index (χ2n) is 5.82. The molecule has 8 nitrogen and oxygen atoms in total. The van der Waals surface area contributed by atoms with Crippen LogP contribution in [0.15, 0.2) is 12.1 Å². The first-order valence-corrected chi connectivity index (χ1v) is 6.59. The molecule has 1 amide bonds. The molecule has 1 aromatic rings. The molecule has 1 N–H and O–H groups in total. The molecule has 0 fully saturated rings. The molecule has 0 aliphatic carbocycles. The van der Waals surface area contributed by atoms with Crippen LogP contribution in [-0.2, 0) is 4.74 Å². The number of carbonyl (C=O) groups excluding carboxylic acids is 1. The maximum atomic E-state index is 11.8. The zero-order chi connectivity index (χ0) is 17.1. The van der Waals surface area contributed by atoms with Gasteiger partial charge in [0.05, 0.1) is 17.7 Å². The number of hydrogen-bond donors (Lipinski definition) is 1. The highest BCUT2D eigenvalue weighted by atomic mass is 16.6. The highest BCUT2D eigenvalue weighted by Gasteiger charge is 2.23. The number of benzene rings is 1. The van der Waals surface area contributed by atoms with Gasteiger partial charge in [-0.25, -0.2) is 4.79 Å². The Morgan fingerprint density at radius 3 is 2.32 bits per heavy atom. The standard InChI is InChI=1S/C14H21N3O5/c1-14(2,3)22-13(18)15-9-7-11(17(19)20)10(16(4)5)8-12(9)21-6/h7-8H,1-6H3,(H,15,18). The van der Waals surface area contributed by atoms with Crippen molar-refractivity contribution in [2.45, 2.75) is 26.4 Å². The van der Waals surface area contributed by atoms with Gasteiger partial charge in [-0.2, -0.15) is 0 Å². The molecule has 0 aliphatic heterocycles. The highest BCUT2D eigenvalue weighted by molar-refractivity contribution is 5.89. The molecular formula is C14H21N3O5. The summed E-state index contributed by atoms with van der Waals surface area (Å²) in [6.07, 6.45) is -0.710. The van der Waals surface area contributed by atoms with E-state index in [9.17, 15) is 14.9 Å². The molecule has 0 saturated heterocycles. The van der Waals surface area contributed by atoms with Crippen molar-refractivity contribution in [3.05, 3.63) is 22.2 Å². The molecule has 1 rings (SSSR count). The predicted molar refractivity (Wildman–Crippen MR) is 83.8 cm³/mol. The summed E-state index contributed by atoms with van der Waals surface area (Å²) in [7, 11) is 4.78. The van der Waals surface area contributed by atoms with Gasteiger partial charge < -0.3 is 14.4 Å². The van der Waals surface area contributed by atoms with Gasteiger partial charge in [0.25, 0.3) is 5.69 Å². The Kier molecular flexibility index (Phi) is 5.19.